The number of fused-ring (bicyclic) bond motifs is 1. The highest BCUT2D eigenvalue weighted by Gasteiger charge is 2.29. The van der Waals surface area contributed by atoms with Crippen LogP contribution in [0.15, 0.2) is 59.4 Å². The maximum Gasteiger partial charge on any atom is 0.257 e. The Morgan fingerprint density at radius 3 is 2.94 bits per heavy atom. The zero-order valence-electron chi connectivity index (χ0n) is 17.3. The monoisotopic (exact) mass is 417 g/mol. The lowest BCUT2D eigenvalue weighted by Crippen LogP contribution is -2.42. The van der Waals surface area contributed by atoms with Crippen molar-refractivity contribution in [3.63, 3.8) is 0 Å². The van der Waals surface area contributed by atoms with Crippen molar-refractivity contribution >= 4 is 16.8 Å². The number of carbonyl (C=O) groups is 1. The maximum atomic E-state index is 12.9. The summed E-state index contributed by atoms with van der Waals surface area (Å²) < 4.78 is 13.3. The van der Waals surface area contributed by atoms with E-state index in [-0.39, 0.29) is 5.91 Å². The Bertz CT molecular complexity index is 1200. The largest absolute Gasteiger partial charge is 0.365 e. The Labute approximate surface area is 179 Å². The summed E-state index contributed by atoms with van der Waals surface area (Å²) in [4.78, 5) is 23.4. The molecule has 1 aliphatic heterocycles. The molecule has 1 amide bonds. The lowest BCUT2D eigenvalue weighted by Gasteiger charge is -2.31. The van der Waals surface area contributed by atoms with Gasteiger partial charge in [-0.2, -0.15) is 4.98 Å². The van der Waals surface area contributed by atoms with Crippen LogP contribution >= 0.6 is 0 Å². The molecule has 4 aromatic rings. The Hall–Kier alpha value is -3.52. The van der Waals surface area contributed by atoms with Crippen molar-refractivity contribution in [3.05, 3.63) is 66.3 Å². The first-order chi connectivity index (χ1) is 15.2. The third-order valence-electron chi connectivity index (χ3n) is 5.62. The molecule has 1 atom stereocenters. The molecule has 8 heteroatoms. The highest BCUT2D eigenvalue weighted by molar-refractivity contribution is 5.85. The Balaban J connectivity index is 1.24. The second-order valence-corrected chi connectivity index (χ2v) is 7.65. The first kappa shape index (κ1) is 19.4. The molecule has 0 saturated carbocycles. The van der Waals surface area contributed by atoms with Gasteiger partial charge in [0.1, 0.15) is 5.69 Å². The van der Waals surface area contributed by atoms with Crippen LogP contribution in [0.2, 0.25) is 0 Å². The predicted molar refractivity (Wildman–Crippen MR) is 114 cm³/mol. The quantitative estimate of drug-likeness (QED) is 0.496. The second kappa shape index (κ2) is 8.31. The van der Waals surface area contributed by atoms with Gasteiger partial charge in [-0.3, -0.25) is 9.78 Å². The summed E-state index contributed by atoms with van der Waals surface area (Å²) >= 11 is 0. The molecule has 0 spiro atoms. The van der Waals surface area contributed by atoms with E-state index in [9.17, 15) is 4.79 Å². The van der Waals surface area contributed by atoms with Gasteiger partial charge in [0, 0.05) is 43.3 Å². The van der Waals surface area contributed by atoms with Crippen molar-refractivity contribution in [1.82, 2.24) is 24.6 Å². The van der Waals surface area contributed by atoms with E-state index in [4.69, 9.17) is 9.26 Å². The van der Waals surface area contributed by atoms with Crippen LogP contribution in [0.1, 0.15) is 24.0 Å². The molecular formula is C23H23N5O3. The number of benzene rings is 1. The number of carbonyl (C=O) groups excluding carboxylic acids is 1. The van der Waals surface area contributed by atoms with Crippen LogP contribution in [-0.4, -0.2) is 50.2 Å². The average Bonchev–Trinajstić information content (AvgIpc) is 3.44. The Kier molecular flexibility index (Phi) is 5.21. The standard InChI is InChI=1S/C23H23N5O3/c1-27-14-16(17-6-2-3-8-19(17)27)9-10-21(29)28-12-13-30-20(15-28)23-25-22(26-31-23)18-7-4-5-11-24-18/h2-8,11,14,20H,9-10,12-13,15H2,1H3/t20-/m1/s1. The van der Waals surface area contributed by atoms with Crippen molar-refractivity contribution < 1.29 is 14.1 Å². The maximum absolute atomic E-state index is 12.9. The fourth-order valence-corrected chi connectivity index (χ4v) is 4.01. The normalized spacial score (nSPS) is 16.7. The number of para-hydroxylation sites is 1. The zero-order chi connectivity index (χ0) is 21.2. The molecule has 1 aromatic carbocycles. The van der Waals surface area contributed by atoms with Gasteiger partial charge in [0.05, 0.1) is 13.2 Å². The average molecular weight is 417 g/mol. The third kappa shape index (κ3) is 3.94. The number of aryl methyl sites for hydroxylation is 2. The summed E-state index contributed by atoms with van der Waals surface area (Å²) in [7, 11) is 2.03. The number of aromatic nitrogens is 4. The van der Waals surface area contributed by atoms with E-state index in [2.05, 4.69) is 38.0 Å². The Morgan fingerprint density at radius 1 is 1.19 bits per heavy atom. The first-order valence-corrected chi connectivity index (χ1v) is 10.4. The minimum atomic E-state index is -0.430. The number of rotatable bonds is 5. The molecule has 0 bridgehead atoms. The van der Waals surface area contributed by atoms with Crippen LogP contribution in [-0.2, 0) is 23.0 Å². The predicted octanol–water partition coefficient (Wildman–Crippen LogP) is 3.16. The molecule has 1 fully saturated rings. The second-order valence-electron chi connectivity index (χ2n) is 7.65. The van der Waals surface area contributed by atoms with Crippen molar-refractivity contribution in [2.24, 2.45) is 7.05 Å². The molecule has 1 saturated heterocycles. The molecule has 0 N–H and O–H groups in total. The topological polar surface area (TPSA) is 86.3 Å². The molecule has 5 rings (SSSR count). The van der Waals surface area contributed by atoms with E-state index >= 15 is 0 Å². The van der Waals surface area contributed by atoms with Crippen LogP contribution < -0.4 is 0 Å². The van der Waals surface area contributed by atoms with Gasteiger partial charge < -0.3 is 18.7 Å². The molecule has 3 aromatic heterocycles. The molecule has 0 radical (unpaired) electrons. The Morgan fingerprint density at radius 2 is 2.06 bits per heavy atom. The minimum absolute atomic E-state index is 0.102. The molecule has 0 aliphatic carbocycles. The van der Waals surface area contributed by atoms with Crippen molar-refractivity contribution in [2.75, 3.05) is 19.7 Å². The van der Waals surface area contributed by atoms with Crippen molar-refractivity contribution in [2.45, 2.75) is 18.9 Å². The van der Waals surface area contributed by atoms with Gasteiger partial charge >= 0.3 is 0 Å². The van der Waals surface area contributed by atoms with Crippen LogP contribution in [0.3, 0.4) is 0 Å². The molecule has 0 unspecified atom stereocenters. The summed E-state index contributed by atoms with van der Waals surface area (Å²) in [5.74, 6) is 0.886. The number of pyridine rings is 1. The van der Waals surface area contributed by atoms with Crippen molar-refractivity contribution in [3.8, 4) is 11.5 Å². The minimum Gasteiger partial charge on any atom is -0.365 e. The van der Waals surface area contributed by atoms with Crippen LogP contribution in [0, 0.1) is 0 Å². The van der Waals surface area contributed by atoms with Gasteiger partial charge in [0.2, 0.25) is 11.7 Å². The van der Waals surface area contributed by atoms with E-state index in [1.165, 1.54) is 16.5 Å². The van der Waals surface area contributed by atoms with Gasteiger partial charge in [-0.1, -0.05) is 29.4 Å². The van der Waals surface area contributed by atoms with Crippen LogP contribution in [0.4, 0.5) is 0 Å². The summed E-state index contributed by atoms with van der Waals surface area (Å²) in [5.41, 5.74) is 3.00. The molecule has 158 valence electrons. The van der Waals surface area contributed by atoms with Gasteiger partial charge in [-0.15, -0.1) is 0 Å². The lowest BCUT2D eigenvalue weighted by molar-refractivity contribution is -0.140. The van der Waals surface area contributed by atoms with Crippen LogP contribution in [0.5, 0.6) is 0 Å². The van der Waals surface area contributed by atoms with E-state index in [1.54, 1.807) is 6.20 Å². The van der Waals surface area contributed by atoms with Gasteiger partial charge in [0.25, 0.3) is 5.89 Å². The summed E-state index contributed by atoms with van der Waals surface area (Å²) in [6.07, 6.45) is 4.51. The SMILES string of the molecule is Cn1cc(CCC(=O)N2CCO[C@@H](c3nc(-c4ccccn4)no3)C2)c2ccccc21. The fraction of sp³-hybridized carbons (Fsp3) is 0.304. The number of hydrogen-bond donors (Lipinski definition) is 0. The number of amides is 1. The number of hydrogen-bond acceptors (Lipinski definition) is 6. The number of nitrogens with zero attached hydrogens (tertiary/aromatic N) is 5. The van der Waals surface area contributed by atoms with Crippen molar-refractivity contribution in [1.29, 1.82) is 0 Å². The molecule has 31 heavy (non-hydrogen) atoms. The highest BCUT2D eigenvalue weighted by atomic mass is 16.5. The zero-order valence-corrected chi connectivity index (χ0v) is 17.3. The van der Waals surface area contributed by atoms with Gasteiger partial charge in [-0.05, 0) is 30.2 Å². The molecule has 8 nitrogen and oxygen atoms in total. The number of ether oxygens (including phenoxy) is 1. The highest BCUT2D eigenvalue weighted by Crippen LogP contribution is 2.25. The van der Waals surface area contributed by atoms with E-state index < -0.39 is 6.10 Å². The molecule has 4 heterocycles. The molecular weight excluding hydrogens is 394 g/mol. The van der Waals surface area contributed by atoms with Crippen LogP contribution in [0.25, 0.3) is 22.4 Å². The van der Waals surface area contributed by atoms with E-state index in [0.29, 0.717) is 49.9 Å². The lowest BCUT2D eigenvalue weighted by atomic mass is 10.1. The summed E-state index contributed by atoms with van der Waals surface area (Å²) in [6, 6.07) is 13.8. The first-order valence-electron chi connectivity index (χ1n) is 10.4. The van der Waals surface area contributed by atoms with E-state index in [0.717, 1.165) is 0 Å². The summed E-state index contributed by atoms with van der Waals surface area (Å²) in [5, 5.41) is 5.20. The van der Waals surface area contributed by atoms with E-state index in [1.807, 2.05) is 42.3 Å². The van der Waals surface area contributed by atoms with Gasteiger partial charge in [0.15, 0.2) is 6.10 Å². The fourth-order valence-electron chi connectivity index (χ4n) is 4.01. The summed E-state index contributed by atoms with van der Waals surface area (Å²) in [6.45, 7) is 1.40. The molecule has 1 aliphatic rings. The number of morpholine rings is 1. The smallest absolute Gasteiger partial charge is 0.257 e. The third-order valence-corrected chi connectivity index (χ3v) is 5.62. The van der Waals surface area contributed by atoms with Gasteiger partial charge in [-0.25, -0.2) is 0 Å².